The summed E-state index contributed by atoms with van der Waals surface area (Å²) in [5, 5.41) is 9.08. The molecule has 1 aliphatic rings. The summed E-state index contributed by atoms with van der Waals surface area (Å²) in [4.78, 5) is 34.4. The summed E-state index contributed by atoms with van der Waals surface area (Å²) in [6.07, 6.45) is 1.96. The van der Waals surface area contributed by atoms with Crippen molar-refractivity contribution in [2.45, 2.75) is 45.6 Å². The minimum Gasteiger partial charge on any atom is -0.463 e. The molecule has 0 aliphatic heterocycles. The lowest BCUT2D eigenvalue weighted by atomic mass is 9.79. The van der Waals surface area contributed by atoms with Gasteiger partial charge in [0.25, 0.3) is 0 Å². The van der Waals surface area contributed by atoms with Crippen molar-refractivity contribution in [2.24, 2.45) is 11.8 Å². The third kappa shape index (κ3) is 4.98. The van der Waals surface area contributed by atoms with Crippen LogP contribution in [0.2, 0.25) is 0 Å². The van der Waals surface area contributed by atoms with E-state index in [1.54, 1.807) is 0 Å². The molecule has 0 aromatic rings. The molecule has 6 nitrogen and oxygen atoms in total. The highest BCUT2D eigenvalue weighted by Gasteiger charge is 2.38. The van der Waals surface area contributed by atoms with Gasteiger partial charge < -0.3 is 14.6 Å². The Morgan fingerprint density at radius 3 is 2.16 bits per heavy atom. The van der Waals surface area contributed by atoms with Crippen LogP contribution in [0.5, 0.6) is 0 Å². The van der Waals surface area contributed by atoms with Gasteiger partial charge in [0, 0.05) is 6.92 Å². The fourth-order valence-electron chi connectivity index (χ4n) is 2.22. The van der Waals surface area contributed by atoms with Gasteiger partial charge in [0.15, 0.2) is 0 Å². The maximum atomic E-state index is 11.9. The summed E-state index contributed by atoms with van der Waals surface area (Å²) < 4.78 is 9.51. The smallest absolute Gasteiger partial charge is 0.317 e. The molecular weight excluding hydrogens is 252 g/mol. The Bertz CT molecular complexity index is 349. The van der Waals surface area contributed by atoms with Crippen LogP contribution in [0.25, 0.3) is 0 Å². The van der Waals surface area contributed by atoms with Crippen LogP contribution in [0, 0.1) is 11.8 Å². The van der Waals surface area contributed by atoms with E-state index in [1.807, 2.05) is 0 Å². The first kappa shape index (κ1) is 15.6. The quantitative estimate of drug-likeness (QED) is 0.601. The van der Waals surface area contributed by atoms with Gasteiger partial charge in [-0.05, 0) is 19.8 Å². The molecule has 6 heteroatoms. The predicted octanol–water partition coefficient (Wildman–Crippen LogP) is 0.806. The summed E-state index contributed by atoms with van der Waals surface area (Å²) in [7, 11) is 0. The highest BCUT2D eigenvalue weighted by molar-refractivity contribution is 5.88. The fourth-order valence-corrected chi connectivity index (χ4v) is 2.22. The highest BCUT2D eigenvalue weighted by atomic mass is 16.6. The van der Waals surface area contributed by atoms with Crippen LogP contribution in [0.3, 0.4) is 0 Å². The van der Waals surface area contributed by atoms with Gasteiger partial charge in [0.1, 0.15) is 6.61 Å². The van der Waals surface area contributed by atoms with Crippen molar-refractivity contribution in [1.82, 2.24) is 0 Å². The molecule has 3 atom stereocenters. The van der Waals surface area contributed by atoms with Crippen molar-refractivity contribution < 1.29 is 29.0 Å². The highest BCUT2D eigenvalue weighted by Crippen LogP contribution is 2.32. The Morgan fingerprint density at radius 2 is 1.68 bits per heavy atom. The lowest BCUT2D eigenvalue weighted by Gasteiger charge is -2.27. The number of carbonyl (C=O) groups excluding carboxylic acids is 3. The number of rotatable bonds is 4. The molecule has 1 saturated carbocycles. The molecule has 3 unspecified atom stereocenters. The van der Waals surface area contributed by atoms with Gasteiger partial charge in [0.05, 0.1) is 17.9 Å². The average Bonchev–Trinajstić information content (AvgIpc) is 2.35. The zero-order valence-electron chi connectivity index (χ0n) is 11.3. The van der Waals surface area contributed by atoms with Crippen molar-refractivity contribution in [1.29, 1.82) is 0 Å². The number of hydrogen-bond acceptors (Lipinski definition) is 6. The number of ether oxygens (including phenoxy) is 2. The summed E-state index contributed by atoms with van der Waals surface area (Å²) in [5.41, 5.74) is 0. The van der Waals surface area contributed by atoms with Crippen LogP contribution >= 0.6 is 0 Å². The van der Waals surface area contributed by atoms with Gasteiger partial charge in [-0.3, -0.25) is 14.4 Å². The van der Waals surface area contributed by atoms with Crippen molar-refractivity contribution in [3.63, 3.8) is 0 Å². The molecule has 0 amide bonds. The number of aliphatic hydroxyl groups is 1. The van der Waals surface area contributed by atoms with Crippen molar-refractivity contribution in [2.75, 3.05) is 6.61 Å². The lowest BCUT2D eigenvalue weighted by molar-refractivity contribution is -0.169. The first-order valence-electron chi connectivity index (χ1n) is 6.48. The zero-order valence-corrected chi connectivity index (χ0v) is 11.3. The molecule has 19 heavy (non-hydrogen) atoms. The van der Waals surface area contributed by atoms with E-state index in [0.717, 1.165) is 19.8 Å². The van der Waals surface area contributed by atoms with Crippen LogP contribution in [0.4, 0.5) is 0 Å². The monoisotopic (exact) mass is 272 g/mol. The second-order valence-electron chi connectivity index (χ2n) is 4.89. The van der Waals surface area contributed by atoms with E-state index in [0.29, 0.717) is 12.8 Å². The fraction of sp³-hybridized carbons (Fsp3) is 0.769. The van der Waals surface area contributed by atoms with Crippen LogP contribution < -0.4 is 0 Å². The van der Waals surface area contributed by atoms with E-state index in [-0.39, 0.29) is 6.61 Å². The molecule has 0 spiro atoms. The maximum Gasteiger partial charge on any atom is 0.317 e. The van der Waals surface area contributed by atoms with E-state index >= 15 is 0 Å². The molecule has 0 saturated heterocycles. The van der Waals surface area contributed by atoms with Gasteiger partial charge in [-0.2, -0.15) is 0 Å². The third-order valence-corrected chi connectivity index (χ3v) is 3.08. The molecule has 1 N–H and O–H groups in total. The van der Waals surface area contributed by atoms with Crippen molar-refractivity contribution >= 4 is 17.9 Å². The Balaban J connectivity index is 2.63. The molecule has 0 aromatic heterocycles. The predicted molar refractivity (Wildman–Crippen MR) is 64.9 cm³/mol. The molecule has 1 fully saturated rings. The minimum atomic E-state index is -0.741. The first-order chi connectivity index (χ1) is 8.91. The molecule has 0 heterocycles. The normalized spacial score (nSPS) is 24.4. The Morgan fingerprint density at radius 1 is 1.16 bits per heavy atom. The Hall–Kier alpha value is -1.43. The number of aliphatic hydroxyl groups excluding tert-OH is 1. The van der Waals surface area contributed by atoms with Crippen LogP contribution in [0.15, 0.2) is 0 Å². The summed E-state index contributed by atoms with van der Waals surface area (Å²) in [5.74, 6) is -3.05. The molecule has 1 rings (SSSR count). The lowest BCUT2D eigenvalue weighted by Crippen LogP contribution is -2.36. The van der Waals surface area contributed by atoms with Gasteiger partial charge in [0.2, 0.25) is 0 Å². The standard InChI is InChI=1S/C13H20O6/c1-8(14)7-18-12(16)10-5-3-4-6-11(10)13(17)19-9(2)15/h8,10-11,14H,3-7H2,1-2H3. The largest absolute Gasteiger partial charge is 0.463 e. The van der Waals surface area contributed by atoms with E-state index in [1.165, 1.54) is 6.92 Å². The average molecular weight is 272 g/mol. The van der Waals surface area contributed by atoms with Gasteiger partial charge in [-0.25, -0.2) is 0 Å². The summed E-state index contributed by atoms with van der Waals surface area (Å²) >= 11 is 0. The van der Waals surface area contributed by atoms with Crippen molar-refractivity contribution in [3.8, 4) is 0 Å². The SMILES string of the molecule is CC(=O)OC(=O)C1CCCCC1C(=O)OCC(C)O. The Labute approximate surface area is 112 Å². The molecule has 0 bridgehead atoms. The van der Waals surface area contributed by atoms with Crippen LogP contribution in [0.1, 0.15) is 39.5 Å². The van der Waals surface area contributed by atoms with Gasteiger partial charge in [-0.15, -0.1) is 0 Å². The molecule has 0 radical (unpaired) electrons. The number of hydrogen-bond donors (Lipinski definition) is 1. The topological polar surface area (TPSA) is 89.9 Å². The van der Waals surface area contributed by atoms with Gasteiger partial charge in [-0.1, -0.05) is 12.8 Å². The second-order valence-corrected chi connectivity index (χ2v) is 4.89. The van der Waals surface area contributed by atoms with E-state index in [4.69, 9.17) is 9.84 Å². The maximum absolute atomic E-state index is 11.9. The summed E-state index contributed by atoms with van der Waals surface area (Å²) in [6.45, 7) is 2.57. The summed E-state index contributed by atoms with van der Waals surface area (Å²) in [6, 6.07) is 0. The van der Waals surface area contributed by atoms with Crippen LogP contribution in [-0.4, -0.2) is 35.7 Å². The number of esters is 3. The molecule has 1 aliphatic carbocycles. The Kier molecular flexibility index (Phi) is 5.95. The van der Waals surface area contributed by atoms with Gasteiger partial charge >= 0.3 is 17.9 Å². The molecule has 0 aromatic carbocycles. The number of carbonyl (C=O) groups is 3. The van der Waals surface area contributed by atoms with E-state index in [2.05, 4.69) is 4.74 Å². The molecule has 108 valence electrons. The van der Waals surface area contributed by atoms with E-state index < -0.39 is 35.8 Å². The molecular formula is C13H20O6. The first-order valence-corrected chi connectivity index (χ1v) is 6.48. The second kappa shape index (κ2) is 7.23. The van der Waals surface area contributed by atoms with Crippen molar-refractivity contribution in [3.05, 3.63) is 0 Å². The van der Waals surface area contributed by atoms with Crippen LogP contribution in [-0.2, 0) is 23.9 Å². The third-order valence-electron chi connectivity index (χ3n) is 3.08. The zero-order chi connectivity index (χ0) is 14.4. The van der Waals surface area contributed by atoms with E-state index in [9.17, 15) is 14.4 Å². The minimum absolute atomic E-state index is 0.0934.